The molecule has 0 aliphatic carbocycles. The maximum Gasteiger partial charge on any atom is 2.00 e. The van der Waals surface area contributed by atoms with Gasteiger partial charge in [0.25, 0.3) is 0 Å². The Labute approximate surface area is 199 Å². The maximum absolute atomic E-state index is 11.2. The predicted octanol–water partition coefficient (Wildman–Crippen LogP) is 6.24. The average molecular weight is 485 g/mol. The van der Waals surface area contributed by atoms with E-state index < -0.39 is 0 Å². The molecule has 4 rings (SSSR count). The molecule has 1 radical (unpaired) electrons. The summed E-state index contributed by atoms with van der Waals surface area (Å²) in [5.41, 5.74) is 1.92. The van der Waals surface area contributed by atoms with Crippen LogP contribution in [-0.4, -0.2) is 11.6 Å². The van der Waals surface area contributed by atoms with E-state index in [1.54, 1.807) is 0 Å². The van der Waals surface area contributed by atoms with Gasteiger partial charge < -0.3 is 10.6 Å². The maximum atomic E-state index is 11.2. The summed E-state index contributed by atoms with van der Waals surface area (Å²) in [6.07, 6.45) is 0. The Hall–Kier alpha value is -2.94. The summed E-state index contributed by atoms with van der Waals surface area (Å²) in [7, 11) is 0. The third-order valence-electron chi connectivity index (χ3n) is 3.94. The second-order valence-electron chi connectivity index (χ2n) is 6.06. The second-order valence-corrected chi connectivity index (χ2v) is 8.12. The van der Waals surface area contributed by atoms with Crippen LogP contribution < -0.4 is 0 Å². The molecule has 2 aromatic rings. The molecule has 0 unspecified atom stereocenters. The molecule has 153 valence electrons. The third-order valence-corrected chi connectivity index (χ3v) is 6.05. The molecular formula is C22H14MnN4O2S2. The van der Waals surface area contributed by atoms with E-state index in [1.165, 1.54) is 37.4 Å². The van der Waals surface area contributed by atoms with Gasteiger partial charge in [0, 0.05) is 0 Å². The molecule has 9 heteroatoms. The van der Waals surface area contributed by atoms with Crippen LogP contribution in [0.2, 0.25) is 0 Å². The van der Waals surface area contributed by atoms with E-state index in [4.69, 9.17) is 10.5 Å². The molecule has 0 saturated heterocycles. The van der Waals surface area contributed by atoms with Crippen LogP contribution in [0.15, 0.2) is 79.5 Å². The van der Waals surface area contributed by atoms with Crippen LogP contribution in [-0.2, 0) is 26.7 Å². The van der Waals surface area contributed by atoms with Crippen molar-refractivity contribution in [3.05, 3.63) is 80.4 Å². The van der Waals surface area contributed by atoms with E-state index in [-0.39, 0.29) is 39.8 Å². The van der Waals surface area contributed by atoms with Crippen LogP contribution >= 0.6 is 23.5 Å². The average Bonchev–Trinajstić information content (AvgIpc) is 3.32. The van der Waals surface area contributed by atoms with Crippen LogP contribution in [0.25, 0.3) is 10.6 Å². The number of rotatable bonds is 2. The number of para-hydroxylation sites is 2. The number of benzene rings is 2. The number of Topliss-reactive ketones (excluding diaryl/α,β-unsaturated/α-hetero) is 2. The van der Waals surface area contributed by atoms with E-state index in [0.717, 1.165) is 21.2 Å². The molecule has 0 amide bonds. The van der Waals surface area contributed by atoms with Gasteiger partial charge in [-0.05, 0) is 35.8 Å². The first-order chi connectivity index (χ1) is 14.4. The summed E-state index contributed by atoms with van der Waals surface area (Å²) in [6, 6.07) is 18.9. The Morgan fingerprint density at radius 3 is 1.39 bits per heavy atom. The summed E-state index contributed by atoms with van der Waals surface area (Å²) in [4.78, 5) is 24.3. The Balaban J connectivity index is 0.000000213. The van der Waals surface area contributed by atoms with Crippen molar-refractivity contribution in [3.8, 4) is 12.1 Å². The van der Waals surface area contributed by atoms with Crippen molar-refractivity contribution < 1.29 is 26.7 Å². The second kappa shape index (κ2) is 10.9. The predicted molar refractivity (Wildman–Crippen MR) is 117 cm³/mol. The van der Waals surface area contributed by atoms with Gasteiger partial charge in [-0.3, -0.25) is 9.59 Å². The number of carbonyl (C=O) groups excluding carboxylic acids is 2. The first-order valence-electron chi connectivity index (χ1n) is 8.72. The Bertz CT molecular complexity index is 1040. The zero-order valence-electron chi connectivity index (χ0n) is 16.4. The van der Waals surface area contributed by atoms with Crippen LogP contribution in [0.4, 0.5) is 11.4 Å². The smallest absolute Gasteiger partial charge is 0.650 e. The molecule has 0 N–H and O–H groups in total. The first kappa shape index (κ1) is 24.3. The van der Waals surface area contributed by atoms with Crippen molar-refractivity contribution in [3.63, 3.8) is 0 Å². The molecule has 2 aliphatic rings. The summed E-state index contributed by atoms with van der Waals surface area (Å²) in [5, 5.41) is 27.2. The minimum absolute atomic E-state index is 0. The fraction of sp³-hybridized carbons (Fsp3) is 0.0909. The number of fused-ring (bicyclic) bond motifs is 2. The zero-order valence-corrected chi connectivity index (χ0v) is 19.2. The number of thioether (sulfide) groups is 2. The van der Waals surface area contributed by atoms with Crippen LogP contribution in [0.5, 0.6) is 0 Å². The normalized spacial score (nSPS) is 15.7. The van der Waals surface area contributed by atoms with Crippen molar-refractivity contribution in [2.75, 3.05) is 0 Å². The number of ketones is 2. The molecule has 2 aliphatic heterocycles. The summed E-state index contributed by atoms with van der Waals surface area (Å²) in [5.74, 6) is -0.479. The van der Waals surface area contributed by atoms with Crippen molar-refractivity contribution in [2.45, 2.75) is 23.6 Å². The molecule has 0 fully saturated rings. The van der Waals surface area contributed by atoms with Crippen LogP contribution in [0, 0.1) is 22.7 Å². The number of hydrogen-bond acceptors (Lipinski definition) is 6. The minimum atomic E-state index is -0.239. The Morgan fingerprint density at radius 1 is 0.742 bits per heavy atom. The quantitative estimate of drug-likeness (QED) is 0.283. The molecule has 0 aromatic heterocycles. The standard InChI is InChI=1S/2C11H8N2OS.Mn/c2*1-7(14)8(6-12)11-13-9-4-2-3-5-10(9)15-11;/h2*2-5H,1H3,(H,13,14);/q;;+2/p-2. The van der Waals surface area contributed by atoms with Gasteiger partial charge in [0.05, 0.1) is 11.1 Å². The van der Waals surface area contributed by atoms with Gasteiger partial charge in [0.15, 0.2) is 11.6 Å². The summed E-state index contributed by atoms with van der Waals surface area (Å²) in [6.45, 7) is 2.76. The molecule has 2 aromatic carbocycles. The number of hydrogen-bond donors (Lipinski definition) is 0. The van der Waals surface area contributed by atoms with Crippen LogP contribution in [0.3, 0.4) is 0 Å². The van der Waals surface area contributed by atoms with Crippen molar-refractivity contribution in [1.29, 1.82) is 10.5 Å². The molecule has 0 atom stereocenters. The molecule has 0 saturated carbocycles. The van der Waals surface area contributed by atoms with Gasteiger partial charge in [0.2, 0.25) is 0 Å². The van der Waals surface area contributed by atoms with Gasteiger partial charge in [0.1, 0.15) is 12.1 Å². The minimum Gasteiger partial charge on any atom is -0.650 e. The van der Waals surface area contributed by atoms with Gasteiger partial charge in [-0.1, -0.05) is 46.5 Å². The van der Waals surface area contributed by atoms with E-state index in [1.807, 2.05) is 60.7 Å². The number of allylic oxidation sites excluding steroid dienone is 2. The van der Waals surface area contributed by atoms with Crippen molar-refractivity contribution in [2.24, 2.45) is 0 Å². The molecule has 6 nitrogen and oxygen atoms in total. The van der Waals surface area contributed by atoms with E-state index in [0.29, 0.717) is 10.1 Å². The topological polar surface area (TPSA) is 110 Å². The Kier molecular flexibility index (Phi) is 8.55. The van der Waals surface area contributed by atoms with Crippen LogP contribution in [0.1, 0.15) is 13.8 Å². The van der Waals surface area contributed by atoms with Gasteiger partial charge in [-0.2, -0.15) is 10.5 Å². The molecule has 31 heavy (non-hydrogen) atoms. The number of nitriles is 2. The van der Waals surface area contributed by atoms with Gasteiger partial charge >= 0.3 is 17.1 Å². The van der Waals surface area contributed by atoms with Crippen molar-refractivity contribution >= 4 is 46.5 Å². The molecule has 2 heterocycles. The third kappa shape index (κ3) is 5.61. The zero-order chi connectivity index (χ0) is 21.7. The first-order valence-corrected chi connectivity index (χ1v) is 10.4. The van der Waals surface area contributed by atoms with E-state index in [2.05, 4.69) is 10.6 Å². The van der Waals surface area contributed by atoms with Gasteiger partial charge in [-0.25, -0.2) is 0 Å². The Morgan fingerprint density at radius 2 is 1.10 bits per heavy atom. The molecule has 0 bridgehead atoms. The largest absolute Gasteiger partial charge is 2.00 e. The molecule has 0 spiro atoms. The summed E-state index contributed by atoms with van der Waals surface area (Å²) < 4.78 is 0. The molecular weight excluding hydrogens is 471 g/mol. The summed E-state index contributed by atoms with van der Waals surface area (Å²) >= 11 is 2.73. The van der Waals surface area contributed by atoms with Gasteiger partial charge in [-0.15, -0.1) is 34.9 Å². The number of nitrogens with zero attached hydrogens (tertiary/aromatic N) is 4. The van der Waals surface area contributed by atoms with E-state index >= 15 is 0 Å². The fourth-order valence-corrected chi connectivity index (χ4v) is 4.53. The number of carbonyl (C=O) groups is 2. The fourth-order valence-electron chi connectivity index (χ4n) is 2.51. The van der Waals surface area contributed by atoms with Crippen molar-refractivity contribution in [1.82, 2.24) is 0 Å². The van der Waals surface area contributed by atoms with E-state index in [9.17, 15) is 9.59 Å². The monoisotopic (exact) mass is 485 g/mol. The SMILES string of the molecule is CC(=O)/C(C#N)=C1\[N-]c2ccccc2S1.CC(=O)/C(C#N)=C1\[N-]c2ccccc2S1.[Mn+2].